The normalized spacial score (nSPS) is 14.8. The zero-order valence-electron chi connectivity index (χ0n) is 15.9. The quantitative estimate of drug-likeness (QED) is 0.464. The maximum atomic E-state index is 13.2. The average molecular weight is 428 g/mol. The molecule has 4 heterocycles. The molecule has 1 fully saturated rings. The highest BCUT2D eigenvalue weighted by Gasteiger charge is 2.22. The van der Waals surface area contributed by atoms with Gasteiger partial charge in [-0.15, -0.1) is 0 Å². The van der Waals surface area contributed by atoms with Gasteiger partial charge in [0.1, 0.15) is 16.5 Å². The van der Waals surface area contributed by atoms with Crippen molar-refractivity contribution in [2.75, 3.05) is 31.6 Å². The number of anilines is 1. The van der Waals surface area contributed by atoms with Gasteiger partial charge >= 0.3 is 0 Å². The molecule has 9 heteroatoms. The molecule has 0 aliphatic carbocycles. The van der Waals surface area contributed by atoms with E-state index >= 15 is 0 Å². The lowest BCUT2D eigenvalue weighted by Gasteiger charge is -2.31. The van der Waals surface area contributed by atoms with Gasteiger partial charge in [0.15, 0.2) is 0 Å². The molecule has 1 saturated heterocycles. The third-order valence-electron chi connectivity index (χ3n) is 4.77. The molecule has 0 saturated carbocycles. The smallest absolute Gasteiger partial charge is 0.281 e. The molecular formula is C21H16ClF2N5O. The van der Waals surface area contributed by atoms with Crippen molar-refractivity contribution < 1.29 is 13.6 Å². The highest BCUT2D eigenvalue weighted by atomic mass is 35.5. The van der Waals surface area contributed by atoms with Crippen LogP contribution in [0.2, 0.25) is 5.15 Å². The van der Waals surface area contributed by atoms with Gasteiger partial charge in [0.2, 0.25) is 5.91 Å². The van der Waals surface area contributed by atoms with Gasteiger partial charge in [-0.2, -0.15) is 0 Å². The molecule has 152 valence electrons. The monoisotopic (exact) mass is 427 g/mol. The predicted octanol–water partition coefficient (Wildman–Crippen LogP) is 3.29. The second-order valence-corrected chi connectivity index (χ2v) is 7.23. The number of likely N-dealkylation sites (N-methyl/N-ethyl adjacent to an activating group) is 1. The summed E-state index contributed by atoms with van der Waals surface area (Å²) in [7, 11) is 1.90. The number of halogens is 3. The standard InChI is InChI=1S/C21H16ClF2N5O/c1-28-6-7-29(19(30)12-28)15-5-4-14(25-10-15)3-2-13-9-27-20(21(23)24)17-11-26-18(22)8-16(13)17/h4-5,8-11,21H,6-7,12H2,1H3. The van der Waals surface area contributed by atoms with Crippen molar-refractivity contribution in [3.8, 4) is 11.8 Å². The second kappa shape index (κ2) is 8.30. The maximum absolute atomic E-state index is 13.2. The van der Waals surface area contributed by atoms with Crippen LogP contribution in [-0.4, -0.2) is 52.4 Å². The Kier molecular flexibility index (Phi) is 5.57. The number of hydrogen-bond acceptors (Lipinski definition) is 5. The Morgan fingerprint density at radius 1 is 1.07 bits per heavy atom. The molecule has 1 aliphatic heterocycles. The number of fused-ring (bicyclic) bond motifs is 1. The Labute approximate surface area is 176 Å². The largest absolute Gasteiger partial charge is 0.308 e. The number of aromatic nitrogens is 3. The first kappa shape index (κ1) is 20.1. The molecule has 3 aromatic heterocycles. The molecule has 0 N–H and O–H groups in total. The number of carbonyl (C=O) groups excluding carboxylic acids is 1. The van der Waals surface area contributed by atoms with Crippen LogP contribution in [0.4, 0.5) is 14.5 Å². The molecule has 0 aromatic carbocycles. The number of pyridine rings is 3. The minimum absolute atomic E-state index is 0.0199. The Balaban J connectivity index is 1.63. The van der Waals surface area contributed by atoms with E-state index in [2.05, 4.69) is 26.8 Å². The lowest BCUT2D eigenvalue weighted by Crippen LogP contribution is -2.48. The zero-order valence-corrected chi connectivity index (χ0v) is 16.7. The number of hydrogen-bond donors (Lipinski definition) is 0. The van der Waals surface area contributed by atoms with Crippen LogP contribution in [0.15, 0.2) is 36.8 Å². The molecule has 6 nitrogen and oxygen atoms in total. The minimum atomic E-state index is -2.73. The van der Waals surface area contributed by atoms with Crippen molar-refractivity contribution in [1.29, 1.82) is 0 Å². The predicted molar refractivity (Wildman–Crippen MR) is 110 cm³/mol. The SMILES string of the molecule is CN1CCN(c2ccc(C#Cc3cnc(C(F)F)c4cnc(Cl)cc34)nc2)C(=O)C1. The van der Waals surface area contributed by atoms with Crippen LogP contribution in [0, 0.1) is 11.8 Å². The third-order valence-corrected chi connectivity index (χ3v) is 4.98. The molecule has 0 unspecified atom stereocenters. The summed E-state index contributed by atoms with van der Waals surface area (Å²) in [5.74, 6) is 5.84. The van der Waals surface area contributed by atoms with Gasteiger partial charge in [0.05, 0.1) is 24.0 Å². The van der Waals surface area contributed by atoms with Crippen LogP contribution in [0.25, 0.3) is 10.8 Å². The van der Waals surface area contributed by atoms with E-state index in [1.807, 2.05) is 11.9 Å². The average Bonchev–Trinajstić information content (AvgIpc) is 2.72. The minimum Gasteiger partial charge on any atom is -0.308 e. The first-order valence-corrected chi connectivity index (χ1v) is 9.49. The van der Waals surface area contributed by atoms with Gasteiger partial charge in [-0.25, -0.2) is 18.7 Å². The summed E-state index contributed by atoms with van der Waals surface area (Å²) in [6.07, 6.45) is 1.44. The van der Waals surface area contributed by atoms with Crippen LogP contribution in [0.5, 0.6) is 0 Å². The highest BCUT2D eigenvalue weighted by Crippen LogP contribution is 2.28. The second-order valence-electron chi connectivity index (χ2n) is 6.85. The first-order chi connectivity index (χ1) is 14.4. The fourth-order valence-corrected chi connectivity index (χ4v) is 3.38. The molecule has 30 heavy (non-hydrogen) atoms. The molecule has 1 amide bonds. The van der Waals surface area contributed by atoms with Crippen molar-refractivity contribution in [3.63, 3.8) is 0 Å². The Bertz CT molecular complexity index is 1170. The van der Waals surface area contributed by atoms with Crippen molar-refractivity contribution in [3.05, 3.63) is 58.9 Å². The first-order valence-electron chi connectivity index (χ1n) is 9.11. The van der Waals surface area contributed by atoms with Crippen LogP contribution in [0.1, 0.15) is 23.4 Å². The summed E-state index contributed by atoms with van der Waals surface area (Å²) >= 11 is 5.94. The number of carbonyl (C=O) groups is 1. The molecule has 4 rings (SSSR count). The lowest BCUT2D eigenvalue weighted by atomic mass is 10.1. The van der Waals surface area contributed by atoms with E-state index in [9.17, 15) is 13.6 Å². The van der Waals surface area contributed by atoms with Crippen molar-refractivity contribution >= 4 is 34.0 Å². The summed E-state index contributed by atoms with van der Waals surface area (Å²) in [5, 5.41) is 0.835. The summed E-state index contributed by atoms with van der Waals surface area (Å²) < 4.78 is 26.4. The third kappa shape index (κ3) is 4.08. The van der Waals surface area contributed by atoms with Crippen LogP contribution in [-0.2, 0) is 4.79 Å². The van der Waals surface area contributed by atoms with Gasteiger partial charge in [-0.05, 0) is 31.2 Å². The lowest BCUT2D eigenvalue weighted by molar-refractivity contribution is -0.120. The Hall–Kier alpha value is -3.15. The number of nitrogens with zero attached hydrogens (tertiary/aromatic N) is 5. The Morgan fingerprint density at radius 3 is 2.60 bits per heavy atom. The number of alkyl halides is 2. The topological polar surface area (TPSA) is 62.2 Å². The van der Waals surface area contributed by atoms with Crippen LogP contribution < -0.4 is 4.90 Å². The van der Waals surface area contributed by atoms with Gasteiger partial charge in [-0.3, -0.25) is 14.7 Å². The molecule has 0 atom stereocenters. The van der Waals surface area contributed by atoms with Crippen molar-refractivity contribution in [1.82, 2.24) is 19.9 Å². The van der Waals surface area contributed by atoms with Crippen LogP contribution >= 0.6 is 11.6 Å². The van der Waals surface area contributed by atoms with Crippen molar-refractivity contribution in [2.45, 2.75) is 6.43 Å². The fraction of sp³-hybridized carbons (Fsp3) is 0.238. The molecular weight excluding hydrogens is 412 g/mol. The van der Waals surface area contributed by atoms with Gasteiger partial charge in [-0.1, -0.05) is 17.5 Å². The van der Waals surface area contributed by atoms with E-state index in [0.29, 0.717) is 35.4 Å². The molecule has 1 aliphatic rings. The summed E-state index contributed by atoms with van der Waals surface area (Å²) in [6.45, 7) is 1.76. The molecule has 0 spiro atoms. The number of rotatable bonds is 2. The molecule has 0 radical (unpaired) electrons. The van der Waals surface area contributed by atoms with Gasteiger partial charge < -0.3 is 4.90 Å². The summed E-state index contributed by atoms with van der Waals surface area (Å²) in [5.41, 5.74) is 1.27. The highest BCUT2D eigenvalue weighted by molar-refractivity contribution is 6.30. The Morgan fingerprint density at radius 2 is 1.90 bits per heavy atom. The van der Waals surface area contributed by atoms with E-state index in [1.165, 1.54) is 18.5 Å². The van der Waals surface area contributed by atoms with E-state index in [-0.39, 0.29) is 22.1 Å². The van der Waals surface area contributed by atoms with Gasteiger partial charge in [0, 0.05) is 36.3 Å². The van der Waals surface area contributed by atoms with E-state index in [1.54, 1.807) is 23.2 Å². The van der Waals surface area contributed by atoms with Crippen LogP contribution in [0.3, 0.4) is 0 Å². The zero-order chi connectivity index (χ0) is 21.3. The number of piperazine rings is 1. The van der Waals surface area contributed by atoms with E-state index in [4.69, 9.17) is 11.6 Å². The molecule has 3 aromatic rings. The van der Waals surface area contributed by atoms with E-state index < -0.39 is 6.43 Å². The summed E-state index contributed by atoms with van der Waals surface area (Å²) in [6, 6.07) is 4.99. The van der Waals surface area contributed by atoms with E-state index in [0.717, 1.165) is 6.54 Å². The van der Waals surface area contributed by atoms with Crippen molar-refractivity contribution in [2.24, 2.45) is 0 Å². The molecule has 0 bridgehead atoms. The maximum Gasteiger partial charge on any atom is 0.281 e. The number of amides is 1. The fourth-order valence-electron chi connectivity index (χ4n) is 3.22. The summed E-state index contributed by atoms with van der Waals surface area (Å²) in [4.78, 5) is 27.8. The van der Waals surface area contributed by atoms with Gasteiger partial charge in [0.25, 0.3) is 6.43 Å².